The van der Waals surface area contributed by atoms with Crippen LogP contribution in [-0.2, 0) is 30.0 Å². The largest absolute Gasteiger partial charge is 0.460 e. The van der Waals surface area contributed by atoms with E-state index in [1.807, 2.05) is 44.2 Å². The number of aliphatic hydroxyl groups is 1. The number of carbonyl (C=O) groups excluding carboxylic acids is 1. The molecule has 0 bridgehead atoms. The lowest BCUT2D eigenvalue weighted by Crippen LogP contribution is -2.37. The average Bonchev–Trinajstić information content (AvgIpc) is 3.75. The standard InChI is InChI=1S/C31H37ClN3O9P/c1-18(2)22-15-23(32)19(3)14-24(22)44-45(40,34-20(4)28(38)41-16-21-8-6-5-7-9-21)42-17-25-27(37)31(11-12-31)29(43-25)35-13-10-26(36)33-30(35)39/h5-10,13-15,18,20,25,27,29,37H,11-12,16-17H2,1-4H3,(H,34,40)(H,33,36,39)/t20-,25+,27+,29+,45?/m0/s1. The van der Waals surface area contributed by atoms with Gasteiger partial charge >= 0.3 is 19.4 Å². The molecular weight excluding hydrogens is 625 g/mol. The molecule has 1 saturated heterocycles. The lowest BCUT2D eigenvalue weighted by Gasteiger charge is -2.26. The Morgan fingerprint density at radius 2 is 1.91 bits per heavy atom. The number of hydrogen-bond acceptors (Lipinski definition) is 9. The number of nitrogens with one attached hydrogen (secondary N) is 2. The molecule has 5 atom stereocenters. The normalized spacial score (nSPS) is 22.2. The molecule has 3 aromatic rings. The van der Waals surface area contributed by atoms with E-state index in [1.165, 1.54) is 23.8 Å². The van der Waals surface area contributed by atoms with Crippen LogP contribution in [0.25, 0.3) is 0 Å². The van der Waals surface area contributed by atoms with Crippen LogP contribution in [0.1, 0.15) is 62.4 Å². The van der Waals surface area contributed by atoms with E-state index in [0.29, 0.717) is 29.0 Å². The maximum Gasteiger partial charge on any atom is 0.459 e. The lowest BCUT2D eigenvalue weighted by atomic mass is 9.96. The van der Waals surface area contributed by atoms with E-state index < -0.39 is 61.5 Å². The summed E-state index contributed by atoms with van der Waals surface area (Å²) in [6, 6.07) is 12.6. The Morgan fingerprint density at radius 3 is 2.56 bits per heavy atom. The van der Waals surface area contributed by atoms with Crippen LogP contribution in [-0.4, -0.2) is 45.5 Å². The highest BCUT2D eigenvalue weighted by molar-refractivity contribution is 7.52. The highest BCUT2D eigenvalue weighted by Gasteiger charge is 2.64. The molecule has 2 aromatic carbocycles. The summed E-state index contributed by atoms with van der Waals surface area (Å²) in [5.41, 5.74) is 0.119. The zero-order valence-corrected chi connectivity index (χ0v) is 27.0. The molecule has 1 aliphatic heterocycles. The number of hydrogen-bond donors (Lipinski definition) is 3. The Hall–Kier alpha value is -3.25. The van der Waals surface area contributed by atoms with Crippen molar-refractivity contribution in [2.24, 2.45) is 5.41 Å². The van der Waals surface area contributed by atoms with Crippen molar-refractivity contribution >= 4 is 25.3 Å². The second-order valence-corrected chi connectivity index (χ2v) is 13.9. The lowest BCUT2D eigenvalue weighted by molar-refractivity contribution is -0.146. The number of esters is 1. The smallest absolute Gasteiger partial charge is 0.459 e. The van der Waals surface area contributed by atoms with E-state index in [0.717, 1.165) is 5.56 Å². The summed E-state index contributed by atoms with van der Waals surface area (Å²) in [4.78, 5) is 39.3. The van der Waals surface area contributed by atoms with Crippen molar-refractivity contribution in [3.63, 3.8) is 0 Å². The third kappa shape index (κ3) is 7.27. The number of halogens is 1. The minimum Gasteiger partial charge on any atom is -0.460 e. The number of aromatic nitrogens is 2. The fraction of sp³-hybridized carbons (Fsp3) is 0.452. The molecule has 2 heterocycles. The minimum absolute atomic E-state index is 0.0152. The highest BCUT2D eigenvalue weighted by Crippen LogP contribution is 2.62. The number of rotatable bonds is 12. The second-order valence-electron chi connectivity index (χ2n) is 11.8. The van der Waals surface area contributed by atoms with Gasteiger partial charge in [0, 0.05) is 22.7 Å². The van der Waals surface area contributed by atoms with Crippen molar-refractivity contribution in [2.45, 2.75) is 77.5 Å². The van der Waals surface area contributed by atoms with E-state index in [1.54, 1.807) is 19.1 Å². The summed E-state index contributed by atoms with van der Waals surface area (Å²) in [5, 5.41) is 14.4. The molecule has 14 heteroatoms. The maximum atomic E-state index is 14.4. The Kier molecular flexibility index (Phi) is 9.74. The first kappa shape index (κ1) is 33.1. The molecule has 1 saturated carbocycles. The summed E-state index contributed by atoms with van der Waals surface area (Å²) in [5.74, 6) is -0.503. The number of nitrogens with zero attached hydrogens (tertiary/aromatic N) is 1. The molecule has 2 fully saturated rings. The fourth-order valence-corrected chi connectivity index (χ4v) is 7.09. The van der Waals surface area contributed by atoms with Gasteiger partial charge in [-0.2, -0.15) is 5.09 Å². The van der Waals surface area contributed by atoms with Gasteiger partial charge < -0.3 is 19.1 Å². The van der Waals surface area contributed by atoms with Crippen LogP contribution in [0.2, 0.25) is 5.02 Å². The topological polar surface area (TPSA) is 158 Å². The number of ether oxygens (including phenoxy) is 2. The third-order valence-electron chi connectivity index (χ3n) is 8.14. The Morgan fingerprint density at radius 1 is 1.20 bits per heavy atom. The van der Waals surface area contributed by atoms with E-state index >= 15 is 0 Å². The van der Waals surface area contributed by atoms with Gasteiger partial charge in [-0.25, -0.2) is 9.36 Å². The molecule has 5 rings (SSSR count). The summed E-state index contributed by atoms with van der Waals surface area (Å²) < 4.78 is 39.1. The van der Waals surface area contributed by atoms with Crippen LogP contribution in [0, 0.1) is 12.3 Å². The molecule has 1 unspecified atom stereocenters. The summed E-state index contributed by atoms with van der Waals surface area (Å²) >= 11 is 6.37. The van der Waals surface area contributed by atoms with Crippen molar-refractivity contribution in [1.29, 1.82) is 0 Å². The van der Waals surface area contributed by atoms with E-state index in [2.05, 4.69) is 10.1 Å². The quantitative estimate of drug-likeness (QED) is 0.185. The van der Waals surface area contributed by atoms with Gasteiger partial charge in [0.1, 0.15) is 30.7 Å². The molecule has 0 amide bonds. The van der Waals surface area contributed by atoms with Gasteiger partial charge in [0.05, 0.1) is 12.7 Å². The molecule has 0 radical (unpaired) electrons. The van der Waals surface area contributed by atoms with Crippen LogP contribution in [0.15, 0.2) is 64.3 Å². The Balaban J connectivity index is 1.37. The first-order valence-corrected chi connectivity index (χ1v) is 16.6. The van der Waals surface area contributed by atoms with Crippen molar-refractivity contribution in [3.05, 3.63) is 97.3 Å². The SMILES string of the molecule is Cc1cc(OP(=O)(N[C@@H](C)C(=O)OCc2ccccc2)OC[C@H]2O[C@@H](n3ccc(=O)[nH]c3=O)C3(CC3)[C@@H]2O)c(C(C)C)cc1Cl. The number of benzene rings is 2. The zero-order chi connectivity index (χ0) is 32.5. The Bertz CT molecular complexity index is 1710. The number of aromatic amines is 1. The van der Waals surface area contributed by atoms with Gasteiger partial charge in [-0.3, -0.25) is 23.7 Å². The van der Waals surface area contributed by atoms with Crippen LogP contribution in [0.5, 0.6) is 5.75 Å². The van der Waals surface area contributed by atoms with Crippen LogP contribution >= 0.6 is 19.3 Å². The first-order chi connectivity index (χ1) is 21.3. The minimum atomic E-state index is -4.36. The Labute approximate surface area is 265 Å². The maximum absolute atomic E-state index is 14.4. The predicted molar refractivity (Wildman–Crippen MR) is 166 cm³/mol. The van der Waals surface area contributed by atoms with Crippen LogP contribution in [0.4, 0.5) is 0 Å². The van der Waals surface area contributed by atoms with E-state index in [9.17, 15) is 24.1 Å². The van der Waals surface area contributed by atoms with Crippen LogP contribution < -0.4 is 20.9 Å². The predicted octanol–water partition coefficient (Wildman–Crippen LogP) is 4.59. The summed E-state index contributed by atoms with van der Waals surface area (Å²) in [7, 11) is -4.36. The van der Waals surface area contributed by atoms with Crippen molar-refractivity contribution < 1.29 is 33.0 Å². The van der Waals surface area contributed by atoms with Crippen molar-refractivity contribution in [1.82, 2.24) is 14.6 Å². The summed E-state index contributed by atoms with van der Waals surface area (Å²) in [6.07, 6.45) is -0.508. The zero-order valence-electron chi connectivity index (χ0n) is 25.4. The van der Waals surface area contributed by atoms with Gasteiger partial charge in [-0.1, -0.05) is 55.8 Å². The highest BCUT2D eigenvalue weighted by atomic mass is 35.5. The number of H-pyrrole nitrogens is 1. The van der Waals surface area contributed by atoms with Crippen LogP contribution in [0.3, 0.4) is 0 Å². The van der Waals surface area contributed by atoms with Gasteiger partial charge in [0.25, 0.3) is 5.56 Å². The first-order valence-electron chi connectivity index (χ1n) is 14.7. The molecule has 45 heavy (non-hydrogen) atoms. The molecule has 1 aliphatic carbocycles. The molecule has 1 aromatic heterocycles. The fourth-order valence-electron chi connectivity index (χ4n) is 5.40. The molecule has 12 nitrogen and oxygen atoms in total. The molecule has 1 spiro atoms. The average molecular weight is 662 g/mol. The number of aliphatic hydroxyl groups excluding tert-OH is 1. The molecule has 2 aliphatic rings. The van der Waals surface area contributed by atoms with Gasteiger partial charge in [0.15, 0.2) is 0 Å². The van der Waals surface area contributed by atoms with Crippen molar-refractivity contribution in [2.75, 3.05) is 6.61 Å². The van der Waals surface area contributed by atoms with Gasteiger partial charge in [-0.05, 0) is 61.4 Å². The molecule has 242 valence electrons. The summed E-state index contributed by atoms with van der Waals surface area (Å²) in [6.45, 7) is 6.71. The third-order valence-corrected chi connectivity index (χ3v) is 10.2. The monoisotopic (exact) mass is 661 g/mol. The van der Waals surface area contributed by atoms with E-state index in [-0.39, 0.29) is 18.3 Å². The number of carbonyl (C=O) groups is 1. The molecular formula is C31H37ClN3O9P. The van der Waals surface area contributed by atoms with Gasteiger partial charge in [0.2, 0.25) is 0 Å². The van der Waals surface area contributed by atoms with E-state index in [4.69, 9.17) is 30.1 Å². The van der Waals surface area contributed by atoms with Gasteiger partial charge in [-0.15, -0.1) is 0 Å². The second kappa shape index (κ2) is 13.2. The molecule has 3 N–H and O–H groups in total. The number of aryl methyl sites for hydroxylation is 1. The van der Waals surface area contributed by atoms with Crippen molar-refractivity contribution in [3.8, 4) is 5.75 Å².